The molecular weight excluding hydrogens is 168 g/mol. The van der Waals surface area contributed by atoms with Crippen molar-refractivity contribution in [1.82, 2.24) is 9.80 Å². The van der Waals surface area contributed by atoms with E-state index in [1.807, 2.05) is 0 Å². The van der Waals surface area contributed by atoms with Crippen LogP contribution in [0.2, 0.25) is 0 Å². The highest BCUT2D eigenvalue weighted by Crippen LogP contribution is 2.29. The van der Waals surface area contributed by atoms with Crippen LogP contribution in [0.25, 0.3) is 0 Å². The van der Waals surface area contributed by atoms with Crippen molar-refractivity contribution in [3.63, 3.8) is 0 Å². The Morgan fingerprint density at radius 2 is 1.38 bits per heavy atom. The minimum absolute atomic E-state index is 0.267. The van der Waals surface area contributed by atoms with Crippen molar-refractivity contribution >= 4 is 0 Å². The molecule has 2 aliphatic rings. The maximum atomic E-state index is 8.83. The first-order valence-electron chi connectivity index (χ1n) is 5.05. The van der Waals surface area contributed by atoms with Crippen molar-refractivity contribution in [2.45, 2.75) is 18.5 Å². The summed E-state index contributed by atoms with van der Waals surface area (Å²) in [5, 5.41) is 17.7. The first-order chi connectivity index (χ1) is 6.35. The van der Waals surface area contributed by atoms with E-state index in [2.05, 4.69) is 9.80 Å². The van der Waals surface area contributed by atoms with E-state index in [-0.39, 0.29) is 13.2 Å². The molecule has 0 unspecified atom stereocenters. The largest absolute Gasteiger partial charge is 0.395 e. The number of piperazine rings is 1. The molecule has 2 heterocycles. The maximum absolute atomic E-state index is 8.83. The summed E-state index contributed by atoms with van der Waals surface area (Å²) >= 11 is 0. The second kappa shape index (κ2) is 3.92. The molecule has 2 fully saturated rings. The summed E-state index contributed by atoms with van der Waals surface area (Å²) in [5.74, 6) is 0. The average molecular weight is 186 g/mol. The van der Waals surface area contributed by atoms with Gasteiger partial charge in [0.2, 0.25) is 0 Å². The van der Waals surface area contributed by atoms with E-state index < -0.39 is 0 Å². The lowest BCUT2D eigenvalue weighted by Gasteiger charge is -2.33. The van der Waals surface area contributed by atoms with Crippen LogP contribution in [-0.2, 0) is 0 Å². The summed E-state index contributed by atoms with van der Waals surface area (Å²) in [7, 11) is 0. The van der Waals surface area contributed by atoms with E-state index in [1.54, 1.807) is 0 Å². The molecule has 0 saturated carbocycles. The second-order valence-electron chi connectivity index (χ2n) is 3.98. The Balaban J connectivity index is 1.84. The highest BCUT2D eigenvalue weighted by Gasteiger charge is 2.42. The Morgan fingerprint density at radius 1 is 0.923 bits per heavy atom. The van der Waals surface area contributed by atoms with Crippen molar-refractivity contribution < 1.29 is 10.2 Å². The zero-order valence-corrected chi connectivity index (χ0v) is 7.89. The number of aliphatic hydroxyl groups is 2. The van der Waals surface area contributed by atoms with Crippen molar-refractivity contribution in [3.05, 3.63) is 0 Å². The molecule has 0 aromatic carbocycles. The fourth-order valence-corrected chi connectivity index (χ4v) is 2.64. The van der Waals surface area contributed by atoms with Gasteiger partial charge in [0.05, 0.1) is 13.2 Å². The minimum atomic E-state index is 0.267. The van der Waals surface area contributed by atoms with Gasteiger partial charge in [-0.2, -0.15) is 0 Å². The van der Waals surface area contributed by atoms with Gasteiger partial charge in [0.25, 0.3) is 0 Å². The SMILES string of the molecule is OCCN1C[C@@H]2C[C@@H]1CN2CCO. The normalized spacial score (nSPS) is 34.6. The Morgan fingerprint density at radius 3 is 1.69 bits per heavy atom. The van der Waals surface area contributed by atoms with Crippen LogP contribution in [0.3, 0.4) is 0 Å². The monoisotopic (exact) mass is 186 g/mol. The van der Waals surface area contributed by atoms with Crippen LogP contribution in [0.5, 0.6) is 0 Å². The molecule has 4 nitrogen and oxygen atoms in total. The molecule has 2 atom stereocenters. The summed E-state index contributed by atoms with van der Waals surface area (Å²) < 4.78 is 0. The summed E-state index contributed by atoms with van der Waals surface area (Å²) in [4.78, 5) is 4.72. The van der Waals surface area contributed by atoms with Crippen molar-refractivity contribution in [2.75, 3.05) is 39.4 Å². The third kappa shape index (κ3) is 1.72. The van der Waals surface area contributed by atoms with Crippen molar-refractivity contribution in [3.8, 4) is 0 Å². The Bertz CT molecular complexity index is 159. The highest BCUT2D eigenvalue weighted by molar-refractivity contribution is 4.99. The lowest BCUT2D eigenvalue weighted by Crippen LogP contribution is -2.47. The van der Waals surface area contributed by atoms with Crippen LogP contribution in [0.4, 0.5) is 0 Å². The van der Waals surface area contributed by atoms with Crippen LogP contribution >= 0.6 is 0 Å². The number of rotatable bonds is 4. The molecule has 76 valence electrons. The van der Waals surface area contributed by atoms with Gasteiger partial charge in [-0.15, -0.1) is 0 Å². The van der Waals surface area contributed by atoms with Gasteiger partial charge in [0.15, 0.2) is 0 Å². The van der Waals surface area contributed by atoms with Gasteiger partial charge in [-0.3, -0.25) is 9.80 Å². The average Bonchev–Trinajstić information content (AvgIpc) is 2.65. The quantitative estimate of drug-likeness (QED) is 0.575. The summed E-state index contributed by atoms with van der Waals surface area (Å²) in [6, 6.07) is 1.26. The smallest absolute Gasteiger partial charge is 0.0558 e. The van der Waals surface area contributed by atoms with E-state index in [1.165, 1.54) is 6.42 Å². The van der Waals surface area contributed by atoms with Crippen LogP contribution < -0.4 is 0 Å². The molecule has 2 rings (SSSR count). The van der Waals surface area contributed by atoms with E-state index >= 15 is 0 Å². The standard InChI is InChI=1S/C9H18N2O2/c12-3-1-10-6-9-5-8(10)7-11(9)2-4-13/h8-9,12-13H,1-7H2/t8-,9+. The summed E-state index contributed by atoms with van der Waals surface area (Å²) in [6.45, 7) is 4.31. The summed E-state index contributed by atoms with van der Waals surface area (Å²) in [5.41, 5.74) is 0. The Kier molecular flexibility index (Phi) is 2.83. The van der Waals surface area contributed by atoms with E-state index in [0.717, 1.165) is 26.2 Å². The third-order valence-corrected chi connectivity index (χ3v) is 3.24. The molecular formula is C9H18N2O2. The van der Waals surface area contributed by atoms with E-state index in [0.29, 0.717) is 12.1 Å². The van der Waals surface area contributed by atoms with Crippen LogP contribution in [0.15, 0.2) is 0 Å². The lowest BCUT2D eigenvalue weighted by molar-refractivity contribution is 0.0952. The van der Waals surface area contributed by atoms with Crippen LogP contribution in [-0.4, -0.2) is 71.5 Å². The molecule has 0 radical (unpaired) electrons. The third-order valence-electron chi connectivity index (χ3n) is 3.24. The molecule has 0 spiro atoms. The van der Waals surface area contributed by atoms with Crippen molar-refractivity contribution in [1.29, 1.82) is 0 Å². The van der Waals surface area contributed by atoms with Crippen LogP contribution in [0, 0.1) is 0 Å². The fourth-order valence-electron chi connectivity index (χ4n) is 2.64. The molecule has 0 aromatic heterocycles. The predicted octanol–water partition coefficient (Wildman–Crippen LogP) is -1.27. The van der Waals surface area contributed by atoms with Gasteiger partial charge in [-0.05, 0) is 6.42 Å². The number of hydrogen-bond donors (Lipinski definition) is 2. The number of likely N-dealkylation sites (tertiary alicyclic amines) is 2. The van der Waals surface area contributed by atoms with Gasteiger partial charge >= 0.3 is 0 Å². The first-order valence-corrected chi connectivity index (χ1v) is 5.05. The van der Waals surface area contributed by atoms with Gasteiger partial charge in [0, 0.05) is 38.3 Å². The number of aliphatic hydroxyl groups excluding tert-OH is 2. The molecule has 4 heteroatoms. The van der Waals surface area contributed by atoms with Gasteiger partial charge in [0.1, 0.15) is 0 Å². The zero-order chi connectivity index (χ0) is 9.26. The minimum Gasteiger partial charge on any atom is -0.395 e. The van der Waals surface area contributed by atoms with E-state index in [4.69, 9.17) is 10.2 Å². The fraction of sp³-hybridized carbons (Fsp3) is 1.00. The molecule has 0 aromatic rings. The Hall–Kier alpha value is -0.160. The lowest BCUT2D eigenvalue weighted by atomic mass is 10.2. The number of fused-ring (bicyclic) bond motifs is 2. The molecule has 0 aliphatic carbocycles. The zero-order valence-electron chi connectivity index (χ0n) is 7.89. The molecule has 13 heavy (non-hydrogen) atoms. The van der Waals surface area contributed by atoms with Gasteiger partial charge < -0.3 is 10.2 Å². The number of nitrogens with zero attached hydrogens (tertiary/aromatic N) is 2. The molecule has 2 aliphatic heterocycles. The molecule has 0 amide bonds. The topological polar surface area (TPSA) is 46.9 Å². The van der Waals surface area contributed by atoms with Gasteiger partial charge in [-0.1, -0.05) is 0 Å². The Labute approximate surface area is 78.8 Å². The molecule has 2 N–H and O–H groups in total. The van der Waals surface area contributed by atoms with Gasteiger partial charge in [-0.25, -0.2) is 0 Å². The van der Waals surface area contributed by atoms with Crippen LogP contribution in [0.1, 0.15) is 6.42 Å². The number of β-amino-alcohol motifs (C(OH)–C–C–N with tert-alkyl or cyclic N) is 2. The van der Waals surface area contributed by atoms with Crippen molar-refractivity contribution in [2.24, 2.45) is 0 Å². The van der Waals surface area contributed by atoms with E-state index in [9.17, 15) is 0 Å². The second-order valence-corrected chi connectivity index (χ2v) is 3.98. The molecule has 2 saturated heterocycles. The number of hydrogen-bond acceptors (Lipinski definition) is 4. The first kappa shape index (κ1) is 9.40. The summed E-state index contributed by atoms with van der Waals surface area (Å²) in [6.07, 6.45) is 1.22. The predicted molar refractivity (Wildman–Crippen MR) is 49.5 cm³/mol. The molecule has 2 bridgehead atoms. The highest BCUT2D eigenvalue weighted by atomic mass is 16.3. The maximum Gasteiger partial charge on any atom is 0.0558 e.